The van der Waals surface area contributed by atoms with Crippen LogP contribution in [0.25, 0.3) is 0 Å². The predicted molar refractivity (Wildman–Crippen MR) is 255 cm³/mol. The summed E-state index contributed by atoms with van der Waals surface area (Å²) in [6, 6.07) is 0. The highest BCUT2D eigenvalue weighted by Gasteiger charge is 2.13. The van der Waals surface area contributed by atoms with Crippen molar-refractivity contribution in [3.63, 3.8) is 0 Å². The molecular formula is C54H104O4. The van der Waals surface area contributed by atoms with E-state index in [1.807, 2.05) is 0 Å². The summed E-state index contributed by atoms with van der Waals surface area (Å²) in [5.74, 6) is -0.00339. The molecule has 0 spiro atoms. The van der Waals surface area contributed by atoms with Crippen LogP contribution in [0.4, 0.5) is 0 Å². The molecule has 0 aliphatic rings. The molecule has 0 bridgehead atoms. The first-order valence-electron chi connectivity index (χ1n) is 26.6. The van der Waals surface area contributed by atoms with Gasteiger partial charge < -0.3 is 9.47 Å². The highest BCUT2D eigenvalue weighted by atomic mass is 16.5. The monoisotopic (exact) mass is 817 g/mol. The molecule has 0 rings (SSSR count). The van der Waals surface area contributed by atoms with Crippen molar-refractivity contribution in [1.82, 2.24) is 0 Å². The minimum Gasteiger partial charge on any atom is -0.466 e. The summed E-state index contributed by atoms with van der Waals surface area (Å²) in [4.78, 5) is 24.8. The SMILES string of the molecule is CCCCCCCCCCCCCCCCCCOC(=O)CCCCCCCC=CC[C@@H](CCCCCC)OC(=O)CCCCCCCCCCCCCCCCC. The van der Waals surface area contributed by atoms with Crippen LogP contribution in [0.15, 0.2) is 12.2 Å². The lowest BCUT2D eigenvalue weighted by Crippen LogP contribution is -2.17. The van der Waals surface area contributed by atoms with Crippen LogP contribution >= 0.6 is 0 Å². The first-order chi connectivity index (χ1) is 28.6. The minimum absolute atomic E-state index is 0.00712. The molecule has 1 atom stereocenters. The third-order valence-electron chi connectivity index (χ3n) is 12.2. The highest BCUT2D eigenvalue weighted by molar-refractivity contribution is 5.69. The summed E-state index contributed by atoms with van der Waals surface area (Å²) in [6.07, 6.45) is 60.9. The normalized spacial score (nSPS) is 12.1. The van der Waals surface area contributed by atoms with Gasteiger partial charge in [0.25, 0.3) is 0 Å². The van der Waals surface area contributed by atoms with E-state index >= 15 is 0 Å². The van der Waals surface area contributed by atoms with Crippen LogP contribution in [-0.2, 0) is 19.1 Å². The molecule has 0 fully saturated rings. The lowest BCUT2D eigenvalue weighted by molar-refractivity contribution is -0.149. The molecule has 4 heteroatoms. The Bertz CT molecular complexity index is 837. The maximum atomic E-state index is 12.7. The molecule has 0 amide bonds. The van der Waals surface area contributed by atoms with Gasteiger partial charge in [0.15, 0.2) is 0 Å². The zero-order chi connectivity index (χ0) is 42.1. The molecule has 58 heavy (non-hydrogen) atoms. The fourth-order valence-electron chi connectivity index (χ4n) is 8.25. The lowest BCUT2D eigenvalue weighted by atomic mass is 10.0. The van der Waals surface area contributed by atoms with Crippen molar-refractivity contribution in [2.75, 3.05) is 6.61 Å². The first kappa shape index (κ1) is 56.7. The summed E-state index contributed by atoms with van der Waals surface area (Å²) in [5.41, 5.74) is 0. The molecule has 0 unspecified atom stereocenters. The minimum atomic E-state index is -0.0105. The second-order valence-electron chi connectivity index (χ2n) is 18.2. The summed E-state index contributed by atoms with van der Waals surface area (Å²) >= 11 is 0. The van der Waals surface area contributed by atoms with E-state index in [0.29, 0.717) is 19.4 Å². The Hall–Kier alpha value is -1.32. The maximum Gasteiger partial charge on any atom is 0.306 e. The van der Waals surface area contributed by atoms with Crippen LogP contribution in [0, 0.1) is 0 Å². The quantitative estimate of drug-likeness (QED) is 0.0349. The average Bonchev–Trinajstić information content (AvgIpc) is 3.22. The van der Waals surface area contributed by atoms with Crippen LogP contribution in [0.2, 0.25) is 0 Å². The van der Waals surface area contributed by atoms with Gasteiger partial charge in [0.1, 0.15) is 6.10 Å². The van der Waals surface area contributed by atoms with Gasteiger partial charge in [0, 0.05) is 19.3 Å². The van der Waals surface area contributed by atoms with Crippen molar-refractivity contribution < 1.29 is 19.1 Å². The number of esters is 2. The smallest absolute Gasteiger partial charge is 0.306 e. The Balaban J connectivity index is 3.73. The molecule has 0 radical (unpaired) electrons. The van der Waals surface area contributed by atoms with Crippen molar-refractivity contribution >= 4 is 11.9 Å². The second-order valence-corrected chi connectivity index (χ2v) is 18.2. The fourth-order valence-corrected chi connectivity index (χ4v) is 8.25. The molecule has 0 aliphatic heterocycles. The average molecular weight is 817 g/mol. The molecule has 0 aliphatic carbocycles. The number of allylic oxidation sites excluding steroid dienone is 1. The summed E-state index contributed by atoms with van der Waals surface area (Å²) in [7, 11) is 0. The van der Waals surface area contributed by atoms with Gasteiger partial charge >= 0.3 is 11.9 Å². The van der Waals surface area contributed by atoms with Gasteiger partial charge in [0.2, 0.25) is 0 Å². The number of rotatable bonds is 49. The van der Waals surface area contributed by atoms with E-state index < -0.39 is 0 Å². The van der Waals surface area contributed by atoms with E-state index in [9.17, 15) is 9.59 Å². The molecule has 344 valence electrons. The third-order valence-corrected chi connectivity index (χ3v) is 12.2. The van der Waals surface area contributed by atoms with E-state index in [1.54, 1.807) is 0 Å². The Morgan fingerprint density at radius 1 is 0.362 bits per heavy atom. The van der Waals surface area contributed by atoms with Crippen molar-refractivity contribution in [3.8, 4) is 0 Å². The molecular weight excluding hydrogens is 713 g/mol. The highest BCUT2D eigenvalue weighted by Crippen LogP contribution is 2.18. The van der Waals surface area contributed by atoms with Gasteiger partial charge in [-0.05, 0) is 44.9 Å². The number of carbonyl (C=O) groups is 2. The first-order valence-corrected chi connectivity index (χ1v) is 26.6. The van der Waals surface area contributed by atoms with E-state index in [-0.39, 0.29) is 18.0 Å². The fraction of sp³-hybridized carbons (Fsp3) is 0.926. The molecule has 4 nitrogen and oxygen atoms in total. The Labute approximate surface area is 364 Å². The van der Waals surface area contributed by atoms with E-state index in [0.717, 1.165) is 57.8 Å². The molecule has 0 N–H and O–H groups in total. The van der Waals surface area contributed by atoms with Crippen molar-refractivity contribution in [2.24, 2.45) is 0 Å². The molecule has 0 saturated heterocycles. The van der Waals surface area contributed by atoms with Gasteiger partial charge in [0.05, 0.1) is 6.61 Å². The van der Waals surface area contributed by atoms with Gasteiger partial charge in [-0.3, -0.25) is 9.59 Å². The Morgan fingerprint density at radius 2 is 0.690 bits per heavy atom. The molecule has 0 aromatic rings. The van der Waals surface area contributed by atoms with Crippen LogP contribution in [0.5, 0.6) is 0 Å². The lowest BCUT2D eigenvalue weighted by Gasteiger charge is -2.16. The Kier molecular flexibility index (Phi) is 48.9. The van der Waals surface area contributed by atoms with Crippen LogP contribution < -0.4 is 0 Å². The van der Waals surface area contributed by atoms with E-state index in [4.69, 9.17) is 9.47 Å². The number of ether oxygens (including phenoxy) is 2. The van der Waals surface area contributed by atoms with Crippen LogP contribution in [0.3, 0.4) is 0 Å². The number of carbonyl (C=O) groups excluding carboxylic acids is 2. The van der Waals surface area contributed by atoms with E-state index in [2.05, 4.69) is 32.9 Å². The summed E-state index contributed by atoms with van der Waals surface area (Å²) < 4.78 is 11.5. The molecule has 0 aromatic heterocycles. The van der Waals surface area contributed by atoms with Gasteiger partial charge in [-0.1, -0.05) is 258 Å². The Morgan fingerprint density at radius 3 is 1.10 bits per heavy atom. The molecule has 0 heterocycles. The van der Waals surface area contributed by atoms with E-state index in [1.165, 1.54) is 218 Å². The van der Waals surface area contributed by atoms with Crippen LogP contribution in [-0.4, -0.2) is 24.6 Å². The van der Waals surface area contributed by atoms with Gasteiger partial charge in [-0.2, -0.15) is 0 Å². The number of hydrogen-bond donors (Lipinski definition) is 0. The third kappa shape index (κ3) is 47.4. The standard InChI is InChI=1S/C54H104O4/c1-4-7-10-13-15-17-19-21-23-25-27-29-33-37-41-46-51-57-53(55)49-44-39-35-32-31-34-38-43-48-52(47-42-12-9-6-3)58-54(56)50-45-40-36-30-28-26-24-22-20-18-16-14-11-8-5-2/h38,43,52H,4-37,39-42,44-51H2,1-3H3/t52-/m1/s1. The summed E-state index contributed by atoms with van der Waals surface area (Å²) in [5, 5.41) is 0. The zero-order valence-corrected chi connectivity index (χ0v) is 39.9. The largest absolute Gasteiger partial charge is 0.466 e. The van der Waals surface area contributed by atoms with Crippen molar-refractivity contribution in [1.29, 1.82) is 0 Å². The van der Waals surface area contributed by atoms with Gasteiger partial charge in [-0.25, -0.2) is 0 Å². The number of hydrogen-bond acceptors (Lipinski definition) is 4. The number of unbranched alkanes of at least 4 members (excludes halogenated alkanes) is 37. The second kappa shape index (κ2) is 50.0. The predicted octanol–water partition coefficient (Wildman–Crippen LogP) is 18.6. The van der Waals surface area contributed by atoms with Gasteiger partial charge in [-0.15, -0.1) is 0 Å². The van der Waals surface area contributed by atoms with Crippen molar-refractivity contribution in [3.05, 3.63) is 12.2 Å². The molecule has 0 aromatic carbocycles. The maximum absolute atomic E-state index is 12.7. The zero-order valence-electron chi connectivity index (χ0n) is 39.9. The van der Waals surface area contributed by atoms with Crippen LogP contribution in [0.1, 0.15) is 310 Å². The van der Waals surface area contributed by atoms with Crippen molar-refractivity contribution in [2.45, 2.75) is 316 Å². The topological polar surface area (TPSA) is 52.6 Å². The molecule has 0 saturated carbocycles. The summed E-state index contributed by atoms with van der Waals surface area (Å²) in [6.45, 7) is 7.42.